The Hall–Kier alpha value is -7.42. The Labute approximate surface area is 337 Å². The van der Waals surface area contributed by atoms with Gasteiger partial charge in [0.15, 0.2) is 0 Å². The van der Waals surface area contributed by atoms with Crippen LogP contribution < -0.4 is 0 Å². The molecule has 0 saturated carbocycles. The lowest BCUT2D eigenvalue weighted by atomic mass is 9.86. The first kappa shape index (κ1) is 32.8. The molecule has 0 fully saturated rings. The van der Waals surface area contributed by atoms with E-state index in [1.54, 1.807) is 0 Å². The van der Waals surface area contributed by atoms with Crippen molar-refractivity contribution < 1.29 is 0 Å². The van der Waals surface area contributed by atoms with Gasteiger partial charge in [0.25, 0.3) is 0 Å². The van der Waals surface area contributed by atoms with Gasteiger partial charge in [0.2, 0.25) is 0 Å². The summed E-state index contributed by atoms with van der Waals surface area (Å²) in [5.74, 6) is 0. The van der Waals surface area contributed by atoms with Crippen molar-refractivity contribution in [2.45, 2.75) is 12.8 Å². The van der Waals surface area contributed by atoms with Gasteiger partial charge in [0.05, 0.1) is 16.6 Å². The van der Waals surface area contributed by atoms with Crippen molar-refractivity contribution in [2.24, 2.45) is 0 Å². The summed E-state index contributed by atoms with van der Waals surface area (Å²) >= 11 is 0. The zero-order valence-corrected chi connectivity index (χ0v) is 31.9. The molecular weight excluding hydrogens is 701 g/mol. The minimum absolute atomic E-state index is 0.970. The summed E-state index contributed by atoms with van der Waals surface area (Å²) in [6.07, 6.45) is 4.42. The summed E-state index contributed by atoms with van der Waals surface area (Å²) in [5.41, 5.74) is 16.6. The van der Waals surface area contributed by atoms with Crippen LogP contribution in [0, 0.1) is 0 Å². The molecule has 0 unspecified atom stereocenters. The lowest BCUT2D eigenvalue weighted by molar-refractivity contribution is 0.898. The number of benzene rings is 9. The highest BCUT2D eigenvalue weighted by Gasteiger charge is 2.23. The molecule has 0 N–H and O–H groups in total. The molecule has 2 nitrogen and oxygen atoms in total. The number of fused-ring (bicyclic) bond motifs is 8. The number of para-hydroxylation sites is 3. The molecule has 0 bridgehead atoms. The normalized spacial score (nSPS) is 12.8. The third kappa shape index (κ3) is 4.98. The van der Waals surface area contributed by atoms with Crippen LogP contribution in [0.4, 0.5) is 0 Å². The van der Waals surface area contributed by atoms with Gasteiger partial charge in [-0.1, -0.05) is 152 Å². The minimum atomic E-state index is 0.970. The van der Waals surface area contributed by atoms with Crippen LogP contribution in [-0.2, 0) is 6.42 Å². The molecule has 272 valence electrons. The number of allylic oxidation sites excluding steroid dienone is 1. The van der Waals surface area contributed by atoms with Crippen LogP contribution in [0.5, 0.6) is 0 Å². The molecule has 9 aromatic carbocycles. The number of hydrogen-bond acceptors (Lipinski definition) is 0. The molecular formula is C56H38N2. The fourth-order valence-electron chi connectivity index (χ4n) is 9.91. The highest BCUT2D eigenvalue weighted by molar-refractivity contribution is 6.21. The summed E-state index contributed by atoms with van der Waals surface area (Å²) < 4.78 is 4.90. The summed E-state index contributed by atoms with van der Waals surface area (Å²) in [4.78, 5) is 0. The van der Waals surface area contributed by atoms with E-state index < -0.39 is 0 Å². The Morgan fingerprint density at radius 2 is 0.776 bits per heavy atom. The van der Waals surface area contributed by atoms with Crippen LogP contribution in [0.15, 0.2) is 200 Å². The lowest BCUT2D eigenvalue weighted by Gasteiger charge is -2.19. The summed E-state index contributed by atoms with van der Waals surface area (Å²) in [5, 5.41) is 8.99. The average molecular weight is 739 g/mol. The van der Waals surface area contributed by atoms with Gasteiger partial charge in [-0.25, -0.2) is 0 Å². The van der Waals surface area contributed by atoms with E-state index in [-0.39, 0.29) is 0 Å². The van der Waals surface area contributed by atoms with Gasteiger partial charge in [0.1, 0.15) is 0 Å². The monoisotopic (exact) mass is 738 g/mol. The lowest BCUT2D eigenvalue weighted by Crippen LogP contribution is -2.05. The predicted octanol–water partition coefficient (Wildman–Crippen LogP) is 14.9. The number of hydrogen-bond donors (Lipinski definition) is 0. The maximum atomic E-state index is 2.51. The van der Waals surface area contributed by atoms with Gasteiger partial charge in [-0.05, 0) is 122 Å². The van der Waals surface area contributed by atoms with Gasteiger partial charge < -0.3 is 9.13 Å². The molecule has 2 heterocycles. The Balaban J connectivity index is 0.976. The summed E-state index contributed by atoms with van der Waals surface area (Å²) in [7, 11) is 0. The SMILES string of the molecule is C1=C(c2ccc3c(c2)c2ccccc2n3-c2ccccc2)CCc2c1c1ccccc1n2-c1ccc(-c2c3ccccc3c(-c3ccccc3)c3ccccc23)cc1. The first-order valence-corrected chi connectivity index (χ1v) is 20.3. The molecule has 0 amide bonds. The summed E-state index contributed by atoms with van der Waals surface area (Å²) in [6, 6.07) is 73.5. The van der Waals surface area contributed by atoms with Crippen LogP contribution in [0.25, 0.3) is 99.5 Å². The third-order valence-corrected chi connectivity index (χ3v) is 12.4. The highest BCUT2D eigenvalue weighted by Crippen LogP contribution is 2.45. The molecule has 0 atom stereocenters. The Morgan fingerprint density at radius 1 is 0.310 bits per heavy atom. The molecule has 0 saturated heterocycles. The fourth-order valence-corrected chi connectivity index (χ4v) is 9.91. The zero-order valence-electron chi connectivity index (χ0n) is 31.9. The number of aromatic nitrogens is 2. The van der Waals surface area contributed by atoms with Gasteiger partial charge in [-0.3, -0.25) is 0 Å². The van der Waals surface area contributed by atoms with E-state index in [4.69, 9.17) is 0 Å². The second-order valence-electron chi connectivity index (χ2n) is 15.6. The van der Waals surface area contributed by atoms with Gasteiger partial charge in [0, 0.05) is 38.8 Å². The maximum Gasteiger partial charge on any atom is 0.0541 e. The van der Waals surface area contributed by atoms with E-state index in [1.807, 2.05) is 0 Å². The van der Waals surface area contributed by atoms with E-state index in [0.717, 1.165) is 12.8 Å². The first-order chi connectivity index (χ1) is 28.8. The molecule has 0 radical (unpaired) electrons. The first-order valence-electron chi connectivity index (χ1n) is 20.3. The van der Waals surface area contributed by atoms with E-state index in [2.05, 4.69) is 215 Å². The van der Waals surface area contributed by atoms with Crippen molar-refractivity contribution in [1.29, 1.82) is 0 Å². The van der Waals surface area contributed by atoms with Crippen molar-refractivity contribution in [1.82, 2.24) is 9.13 Å². The van der Waals surface area contributed by atoms with Gasteiger partial charge in [-0.15, -0.1) is 0 Å². The number of rotatable bonds is 5. The topological polar surface area (TPSA) is 9.86 Å². The fraction of sp³-hybridized carbons (Fsp3) is 0.0357. The Morgan fingerprint density at radius 3 is 1.41 bits per heavy atom. The molecule has 11 aromatic rings. The average Bonchev–Trinajstić information content (AvgIpc) is 3.81. The van der Waals surface area contributed by atoms with Crippen molar-refractivity contribution in [3.05, 3.63) is 217 Å². The molecule has 58 heavy (non-hydrogen) atoms. The van der Waals surface area contributed by atoms with Crippen LogP contribution in [0.2, 0.25) is 0 Å². The van der Waals surface area contributed by atoms with Crippen LogP contribution >= 0.6 is 0 Å². The van der Waals surface area contributed by atoms with E-state index >= 15 is 0 Å². The molecule has 2 heteroatoms. The largest absolute Gasteiger partial charge is 0.313 e. The Kier molecular flexibility index (Phi) is 7.39. The molecule has 12 rings (SSSR count). The smallest absolute Gasteiger partial charge is 0.0541 e. The third-order valence-electron chi connectivity index (χ3n) is 12.4. The van der Waals surface area contributed by atoms with Crippen molar-refractivity contribution in [3.8, 4) is 33.6 Å². The highest BCUT2D eigenvalue weighted by atomic mass is 15.0. The molecule has 0 aliphatic heterocycles. The molecule has 0 spiro atoms. The van der Waals surface area contributed by atoms with E-state index in [1.165, 1.54) is 110 Å². The van der Waals surface area contributed by atoms with E-state index in [0.29, 0.717) is 0 Å². The maximum absolute atomic E-state index is 2.51. The van der Waals surface area contributed by atoms with Crippen molar-refractivity contribution in [3.63, 3.8) is 0 Å². The van der Waals surface area contributed by atoms with Crippen LogP contribution in [0.1, 0.15) is 23.2 Å². The predicted molar refractivity (Wildman–Crippen MR) is 246 cm³/mol. The molecule has 1 aliphatic rings. The minimum Gasteiger partial charge on any atom is -0.313 e. The zero-order chi connectivity index (χ0) is 38.2. The van der Waals surface area contributed by atoms with E-state index in [9.17, 15) is 0 Å². The second-order valence-corrected chi connectivity index (χ2v) is 15.6. The van der Waals surface area contributed by atoms with Gasteiger partial charge >= 0.3 is 0 Å². The van der Waals surface area contributed by atoms with Gasteiger partial charge in [-0.2, -0.15) is 0 Å². The standard InChI is InChI=1S/C56H38N2/c1-3-15-37(16-4-1)55-45-21-7-9-23-47(45)56(48-24-10-8-22-46(48)55)38-27-31-42(32-28-38)58-52-26-14-12-20-44(52)50-36-40(30-34-54(50)58)39-29-33-53-49(35-39)43-19-11-13-25-51(43)57(53)41-17-5-2-6-18-41/h1-29,31-33,35-36H,30,34H2. The molecule has 2 aromatic heterocycles. The second kappa shape index (κ2) is 13.1. The molecule has 1 aliphatic carbocycles. The van der Waals surface area contributed by atoms with Crippen molar-refractivity contribution in [2.75, 3.05) is 0 Å². The Bertz CT molecular complexity index is 3360. The number of nitrogens with zero attached hydrogens (tertiary/aromatic N) is 2. The van der Waals surface area contributed by atoms with Crippen LogP contribution in [0.3, 0.4) is 0 Å². The quantitative estimate of drug-likeness (QED) is 0.156. The summed E-state index contributed by atoms with van der Waals surface area (Å²) in [6.45, 7) is 0. The van der Waals surface area contributed by atoms with Crippen LogP contribution in [-0.4, -0.2) is 9.13 Å². The van der Waals surface area contributed by atoms with Crippen molar-refractivity contribution >= 4 is 65.9 Å².